The summed E-state index contributed by atoms with van der Waals surface area (Å²) in [5.41, 5.74) is 1.83. The van der Waals surface area contributed by atoms with Crippen molar-refractivity contribution >= 4 is 0 Å². The van der Waals surface area contributed by atoms with Crippen LogP contribution >= 0.6 is 0 Å². The summed E-state index contributed by atoms with van der Waals surface area (Å²) in [7, 11) is 1.58. The van der Waals surface area contributed by atoms with Crippen molar-refractivity contribution in [2.45, 2.75) is 32.9 Å². The zero-order chi connectivity index (χ0) is 16.9. The minimum atomic E-state index is -0.0175. The Hall–Kier alpha value is -2.28. The van der Waals surface area contributed by atoms with Crippen molar-refractivity contribution in [3.63, 3.8) is 0 Å². The fraction of sp³-hybridized carbons (Fsp3) is 0.529. The van der Waals surface area contributed by atoms with Gasteiger partial charge in [-0.05, 0) is 50.9 Å². The van der Waals surface area contributed by atoms with E-state index in [1.807, 2.05) is 13.0 Å². The van der Waals surface area contributed by atoms with Gasteiger partial charge in [0.2, 0.25) is 0 Å². The predicted octanol–water partition coefficient (Wildman–Crippen LogP) is 1.26. The summed E-state index contributed by atoms with van der Waals surface area (Å²) >= 11 is 0. The molecule has 0 atom stereocenters. The second-order valence-corrected chi connectivity index (χ2v) is 6.25. The lowest BCUT2D eigenvalue weighted by atomic mass is 9.96. The molecule has 1 fully saturated rings. The van der Waals surface area contributed by atoms with Crippen molar-refractivity contribution in [2.75, 3.05) is 20.2 Å². The summed E-state index contributed by atoms with van der Waals surface area (Å²) in [4.78, 5) is 22.7. The van der Waals surface area contributed by atoms with Gasteiger partial charge in [0.1, 0.15) is 0 Å². The van der Waals surface area contributed by atoms with Crippen LogP contribution in [0.1, 0.15) is 24.2 Å². The van der Waals surface area contributed by atoms with Crippen LogP contribution in [0.2, 0.25) is 0 Å². The van der Waals surface area contributed by atoms with Crippen LogP contribution in [0, 0.1) is 12.8 Å². The third-order valence-corrected chi connectivity index (χ3v) is 4.40. The standard InChI is InChI=1S/C17H23N5O2/c1-13-3-4-16(23)22(20-13)11-14-6-9-21(10-7-14)12-15-5-8-18-17(19-15)24-2/h3-5,8,14H,6-7,9-12H2,1-2H3. The average molecular weight is 329 g/mol. The minimum Gasteiger partial charge on any atom is -0.467 e. The molecule has 24 heavy (non-hydrogen) atoms. The molecule has 1 saturated heterocycles. The van der Waals surface area contributed by atoms with E-state index < -0.39 is 0 Å². The summed E-state index contributed by atoms with van der Waals surface area (Å²) in [6.07, 6.45) is 3.85. The Morgan fingerprint density at radius 3 is 2.79 bits per heavy atom. The van der Waals surface area contributed by atoms with Crippen molar-refractivity contribution in [1.29, 1.82) is 0 Å². The van der Waals surface area contributed by atoms with Crippen molar-refractivity contribution in [3.8, 4) is 6.01 Å². The molecule has 0 amide bonds. The summed E-state index contributed by atoms with van der Waals surface area (Å²) in [6.45, 7) is 5.41. The van der Waals surface area contributed by atoms with Gasteiger partial charge in [0.05, 0.1) is 18.5 Å². The van der Waals surface area contributed by atoms with E-state index in [1.54, 1.807) is 30.1 Å². The monoisotopic (exact) mass is 329 g/mol. The van der Waals surface area contributed by atoms with Gasteiger partial charge in [-0.3, -0.25) is 9.69 Å². The maximum Gasteiger partial charge on any atom is 0.316 e. The van der Waals surface area contributed by atoms with Crippen molar-refractivity contribution in [2.24, 2.45) is 5.92 Å². The van der Waals surface area contributed by atoms with Crippen molar-refractivity contribution < 1.29 is 4.74 Å². The molecule has 1 aliphatic heterocycles. The van der Waals surface area contributed by atoms with E-state index in [0.717, 1.165) is 43.9 Å². The summed E-state index contributed by atoms with van der Waals surface area (Å²) < 4.78 is 6.67. The molecule has 0 aromatic carbocycles. The number of ether oxygens (including phenoxy) is 1. The largest absolute Gasteiger partial charge is 0.467 e. The van der Waals surface area contributed by atoms with Gasteiger partial charge in [-0.2, -0.15) is 10.1 Å². The van der Waals surface area contributed by atoms with Crippen LogP contribution < -0.4 is 10.3 Å². The molecule has 2 aromatic rings. The van der Waals surface area contributed by atoms with E-state index in [9.17, 15) is 4.79 Å². The van der Waals surface area contributed by atoms with E-state index in [4.69, 9.17) is 4.74 Å². The minimum absolute atomic E-state index is 0.0175. The molecule has 0 bridgehead atoms. The highest BCUT2D eigenvalue weighted by atomic mass is 16.5. The Balaban J connectivity index is 1.54. The lowest BCUT2D eigenvalue weighted by molar-refractivity contribution is 0.161. The molecule has 7 nitrogen and oxygen atoms in total. The lowest BCUT2D eigenvalue weighted by Gasteiger charge is -2.31. The number of hydrogen-bond donors (Lipinski definition) is 0. The maximum atomic E-state index is 11.9. The molecule has 3 rings (SSSR count). The van der Waals surface area contributed by atoms with Crippen LogP contribution in [0.5, 0.6) is 6.01 Å². The number of likely N-dealkylation sites (tertiary alicyclic amines) is 1. The van der Waals surface area contributed by atoms with Crippen LogP contribution in [-0.2, 0) is 13.1 Å². The summed E-state index contributed by atoms with van der Waals surface area (Å²) in [6, 6.07) is 5.69. The van der Waals surface area contributed by atoms with Crippen LogP contribution in [-0.4, -0.2) is 44.8 Å². The van der Waals surface area contributed by atoms with Gasteiger partial charge >= 0.3 is 6.01 Å². The molecule has 0 N–H and O–H groups in total. The molecule has 0 unspecified atom stereocenters. The number of piperidine rings is 1. The van der Waals surface area contributed by atoms with E-state index in [1.165, 1.54) is 0 Å². The second-order valence-electron chi connectivity index (χ2n) is 6.25. The SMILES string of the molecule is COc1nccc(CN2CCC(Cn3nc(C)ccc3=O)CC2)n1. The Morgan fingerprint density at radius 2 is 2.04 bits per heavy atom. The molecule has 0 aliphatic carbocycles. The molecule has 2 aromatic heterocycles. The third kappa shape index (κ3) is 4.17. The van der Waals surface area contributed by atoms with Crippen LogP contribution in [0.15, 0.2) is 29.2 Å². The molecule has 7 heteroatoms. The maximum absolute atomic E-state index is 11.9. The Morgan fingerprint density at radius 1 is 1.25 bits per heavy atom. The fourth-order valence-electron chi connectivity index (χ4n) is 3.04. The number of hydrogen-bond acceptors (Lipinski definition) is 6. The topological polar surface area (TPSA) is 73.1 Å². The van der Waals surface area contributed by atoms with E-state index >= 15 is 0 Å². The highest BCUT2D eigenvalue weighted by molar-refractivity contribution is 5.05. The molecule has 0 saturated carbocycles. The zero-order valence-corrected chi connectivity index (χ0v) is 14.2. The number of aryl methyl sites for hydroxylation is 1. The first kappa shape index (κ1) is 16.6. The predicted molar refractivity (Wildman–Crippen MR) is 89.8 cm³/mol. The van der Waals surface area contributed by atoms with E-state index in [-0.39, 0.29) is 5.56 Å². The first-order valence-corrected chi connectivity index (χ1v) is 8.27. The smallest absolute Gasteiger partial charge is 0.316 e. The Bertz CT molecular complexity index is 738. The molecular weight excluding hydrogens is 306 g/mol. The number of aromatic nitrogens is 4. The normalized spacial score (nSPS) is 16.2. The highest BCUT2D eigenvalue weighted by Gasteiger charge is 2.20. The van der Waals surface area contributed by atoms with Gasteiger partial charge < -0.3 is 4.74 Å². The third-order valence-electron chi connectivity index (χ3n) is 4.40. The molecule has 0 radical (unpaired) electrons. The zero-order valence-electron chi connectivity index (χ0n) is 14.2. The van der Waals surface area contributed by atoms with Crippen LogP contribution in [0.3, 0.4) is 0 Å². The number of methoxy groups -OCH3 is 1. The molecule has 128 valence electrons. The first-order valence-electron chi connectivity index (χ1n) is 8.27. The highest BCUT2D eigenvalue weighted by Crippen LogP contribution is 2.20. The lowest BCUT2D eigenvalue weighted by Crippen LogP contribution is -2.36. The van der Waals surface area contributed by atoms with Gasteiger partial charge in [-0.1, -0.05) is 0 Å². The second kappa shape index (κ2) is 7.53. The summed E-state index contributed by atoms with van der Waals surface area (Å²) in [5, 5.41) is 4.33. The van der Waals surface area contributed by atoms with Crippen LogP contribution in [0.4, 0.5) is 0 Å². The van der Waals surface area contributed by atoms with Crippen LogP contribution in [0.25, 0.3) is 0 Å². The number of rotatable bonds is 5. The van der Waals surface area contributed by atoms with Crippen molar-refractivity contribution in [1.82, 2.24) is 24.6 Å². The molecule has 0 spiro atoms. The Kier molecular flexibility index (Phi) is 5.20. The van der Waals surface area contributed by atoms with Crippen molar-refractivity contribution in [3.05, 3.63) is 46.1 Å². The van der Waals surface area contributed by atoms with Gasteiger partial charge in [0, 0.05) is 25.4 Å². The van der Waals surface area contributed by atoms with E-state index in [0.29, 0.717) is 18.5 Å². The van der Waals surface area contributed by atoms with Gasteiger partial charge in [-0.15, -0.1) is 0 Å². The average Bonchev–Trinajstić information content (AvgIpc) is 2.60. The molecule has 1 aliphatic rings. The van der Waals surface area contributed by atoms with Gasteiger partial charge in [0.15, 0.2) is 0 Å². The van der Waals surface area contributed by atoms with Gasteiger partial charge in [-0.25, -0.2) is 9.67 Å². The van der Waals surface area contributed by atoms with E-state index in [2.05, 4.69) is 20.0 Å². The van der Waals surface area contributed by atoms with Gasteiger partial charge in [0.25, 0.3) is 5.56 Å². The quantitative estimate of drug-likeness (QED) is 0.822. The molecule has 3 heterocycles. The molecular formula is C17H23N5O2. The Labute approximate surface area is 141 Å². The summed E-state index contributed by atoms with van der Waals surface area (Å²) in [5.74, 6) is 0.494. The first-order chi connectivity index (χ1) is 11.6. The fourth-order valence-corrected chi connectivity index (χ4v) is 3.04. The number of nitrogens with zero attached hydrogens (tertiary/aromatic N) is 5.